The van der Waals surface area contributed by atoms with Gasteiger partial charge in [0.2, 0.25) is 0 Å². The minimum atomic E-state index is -0.374. The zero-order valence-corrected chi connectivity index (χ0v) is 12.8. The van der Waals surface area contributed by atoms with Gasteiger partial charge in [-0.05, 0) is 54.3 Å². The summed E-state index contributed by atoms with van der Waals surface area (Å²) in [5, 5.41) is 10.9. The fourth-order valence-corrected chi connectivity index (χ4v) is 2.98. The monoisotopic (exact) mass is 374 g/mol. The van der Waals surface area contributed by atoms with E-state index in [1.807, 2.05) is 6.07 Å². The maximum atomic E-state index is 10.9. The minimum absolute atomic E-state index is 0.0969. The number of nitro benzene ring substituents is 1. The summed E-state index contributed by atoms with van der Waals surface area (Å²) in [5.74, 6) is 0.656. The molecule has 0 amide bonds. The molecule has 1 aliphatic rings. The van der Waals surface area contributed by atoms with Crippen LogP contribution in [0.1, 0.15) is 31.2 Å². The van der Waals surface area contributed by atoms with Crippen molar-refractivity contribution in [2.45, 2.75) is 25.7 Å². The quantitative estimate of drug-likeness (QED) is 0.284. The van der Waals surface area contributed by atoms with Crippen LogP contribution in [0, 0.1) is 13.7 Å². The van der Waals surface area contributed by atoms with Crippen LogP contribution < -0.4 is 5.73 Å². The number of rotatable bonds is 2. The van der Waals surface area contributed by atoms with Crippen LogP contribution in [0.2, 0.25) is 0 Å². The number of nitrogens with two attached hydrogens (primary N) is 1. The van der Waals surface area contributed by atoms with E-state index in [1.165, 1.54) is 12.8 Å². The molecule has 2 rings (SSSR count). The molecule has 1 heterocycles. The van der Waals surface area contributed by atoms with Crippen molar-refractivity contribution in [3.05, 3.63) is 37.4 Å². The molecule has 2 N–H and O–H groups in total. The molecule has 1 fully saturated rings. The third-order valence-corrected chi connectivity index (χ3v) is 3.96. The molecule has 1 aliphatic heterocycles. The maximum Gasteiger partial charge on any atom is 0.275 e. The lowest BCUT2D eigenvalue weighted by molar-refractivity contribution is -0.526. The summed E-state index contributed by atoms with van der Waals surface area (Å²) >= 11 is 2.08. The molecular formula is C13H17IN3O2+. The number of hydrogen-bond acceptors (Lipinski definition) is 2. The number of amidine groups is 1. The molecule has 0 atom stereocenters. The highest BCUT2D eigenvalue weighted by Crippen LogP contribution is 2.19. The van der Waals surface area contributed by atoms with Crippen molar-refractivity contribution in [1.82, 2.24) is 0 Å². The van der Waals surface area contributed by atoms with Gasteiger partial charge in [0.05, 0.1) is 23.6 Å². The molecule has 0 bridgehead atoms. The Bertz CT molecular complexity index is 519. The smallest absolute Gasteiger partial charge is 0.275 e. The van der Waals surface area contributed by atoms with Gasteiger partial charge in [-0.3, -0.25) is 20.4 Å². The number of hydrogen-bond donors (Lipinski definition) is 1. The zero-order chi connectivity index (χ0) is 13.8. The third kappa shape index (κ3) is 3.65. The first-order valence-electron chi connectivity index (χ1n) is 6.40. The molecular weight excluding hydrogens is 357 g/mol. The second kappa shape index (κ2) is 6.31. The first kappa shape index (κ1) is 14.2. The van der Waals surface area contributed by atoms with Crippen molar-refractivity contribution in [3.8, 4) is 0 Å². The highest BCUT2D eigenvalue weighted by molar-refractivity contribution is 14.1. The highest BCUT2D eigenvalue weighted by Gasteiger charge is 2.17. The first-order chi connectivity index (χ1) is 9.08. The van der Waals surface area contributed by atoms with Gasteiger partial charge in [-0.15, -0.1) is 0 Å². The molecule has 5 nitrogen and oxygen atoms in total. The molecule has 1 saturated heterocycles. The number of nitro groups is 1. The van der Waals surface area contributed by atoms with Crippen molar-refractivity contribution >= 4 is 34.1 Å². The summed E-state index contributed by atoms with van der Waals surface area (Å²) in [6.07, 6.45) is 4.73. The second-order valence-electron chi connectivity index (χ2n) is 4.74. The molecule has 0 saturated carbocycles. The first-order valence-corrected chi connectivity index (χ1v) is 7.48. The van der Waals surface area contributed by atoms with Crippen molar-refractivity contribution in [2.24, 2.45) is 5.73 Å². The summed E-state index contributed by atoms with van der Waals surface area (Å²) in [6, 6.07) is 5.01. The Morgan fingerprint density at radius 2 is 1.84 bits per heavy atom. The summed E-state index contributed by atoms with van der Waals surface area (Å²) < 4.78 is 2.97. The Morgan fingerprint density at radius 3 is 2.42 bits per heavy atom. The number of benzene rings is 1. The summed E-state index contributed by atoms with van der Waals surface area (Å²) in [5.41, 5.74) is 7.04. The van der Waals surface area contributed by atoms with Gasteiger partial charge in [-0.2, -0.15) is 0 Å². The molecule has 102 valence electrons. The predicted octanol–water partition coefficient (Wildman–Crippen LogP) is 2.49. The van der Waals surface area contributed by atoms with Crippen LogP contribution in [0.15, 0.2) is 18.2 Å². The van der Waals surface area contributed by atoms with Crippen LogP contribution in [0.5, 0.6) is 0 Å². The minimum Gasteiger partial charge on any atom is -0.287 e. The lowest BCUT2D eigenvalue weighted by atomic mass is 10.2. The van der Waals surface area contributed by atoms with Gasteiger partial charge in [0, 0.05) is 15.7 Å². The van der Waals surface area contributed by atoms with E-state index in [0.717, 1.165) is 35.1 Å². The van der Waals surface area contributed by atoms with Gasteiger partial charge >= 0.3 is 0 Å². The van der Waals surface area contributed by atoms with Crippen LogP contribution in [0.4, 0.5) is 5.69 Å². The van der Waals surface area contributed by atoms with Crippen molar-refractivity contribution in [3.63, 3.8) is 0 Å². The normalized spacial score (nSPS) is 15.9. The molecule has 0 radical (unpaired) electrons. The van der Waals surface area contributed by atoms with E-state index in [1.54, 1.807) is 12.1 Å². The SMILES string of the molecule is NC(c1cc(I)cc([N+](=O)[O-])c1)=[N+]1CCCCCC1. The van der Waals surface area contributed by atoms with E-state index in [4.69, 9.17) is 5.73 Å². The predicted molar refractivity (Wildman–Crippen MR) is 82.6 cm³/mol. The van der Waals surface area contributed by atoms with Gasteiger partial charge in [-0.1, -0.05) is 0 Å². The van der Waals surface area contributed by atoms with Gasteiger partial charge < -0.3 is 0 Å². The molecule has 1 aromatic carbocycles. The molecule has 0 aliphatic carbocycles. The van der Waals surface area contributed by atoms with Crippen LogP contribution >= 0.6 is 22.6 Å². The molecule has 6 heteroatoms. The van der Waals surface area contributed by atoms with E-state index in [9.17, 15) is 10.1 Å². The van der Waals surface area contributed by atoms with E-state index >= 15 is 0 Å². The number of non-ortho nitro benzene ring substituents is 1. The number of halogens is 1. The number of nitrogens with zero attached hydrogens (tertiary/aromatic N) is 2. The molecule has 1 aromatic rings. The standard InChI is InChI=1S/C13H16IN3O2/c14-11-7-10(8-12(9-11)17(18)19)13(15)16-5-3-1-2-4-6-16/h7-9,15H,1-6H2/p+1. The van der Waals surface area contributed by atoms with E-state index in [-0.39, 0.29) is 10.6 Å². The lowest BCUT2D eigenvalue weighted by Gasteiger charge is -2.07. The van der Waals surface area contributed by atoms with Crippen LogP contribution in [-0.2, 0) is 0 Å². The van der Waals surface area contributed by atoms with E-state index < -0.39 is 0 Å². The van der Waals surface area contributed by atoms with E-state index in [0.29, 0.717) is 5.84 Å². The van der Waals surface area contributed by atoms with Gasteiger partial charge in [0.15, 0.2) is 0 Å². The Kier molecular flexibility index (Phi) is 4.73. The summed E-state index contributed by atoms with van der Waals surface area (Å²) in [6.45, 7) is 1.87. The Labute approximate surface area is 125 Å². The van der Waals surface area contributed by atoms with Crippen LogP contribution in [-0.4, -0.2) is 28.4 Å². The summed E-state index contributed by atoms with van der Waals surface area (Å²) in [4.78, 5) is 10.5. The van der Waals surface area contributed by atoms with E-state index in [2.05, 4.69) is 27.2 Å². The average Bonchev–Trinajstić information content (AvgIpc) is 2.65. The Hall–Kier alpha value is -1.18. The van der Waals surface area contributed by atoms with Gasteiger partial charge in [0.25, 0.3) is 11.5 Å². The third-order valence-electron chi connectivity index (χ3n) is 3.34. The maximum absolute atomic E-state index is 10.9. The van der Waals surface area contributed by atoms with Crippen molar-refractivity contribution < 1.29 is 9.50 Å². The Morgan fingerprint density at radius 1 is 1.21 bits per heavy atom. The highest BCUT2D eigenvalue weighted by atomic mass is 127. The Balaban J connectivity index is 2.39. The topological polar surface area (TPSA) is 72.2 Å². The zero-order valence-electron chi connectivity index (χ0n) is 10.6. The molecule has 0 aromatic heterocycles. The van der Waals surface area contributed by atoms with Gasteiger partial charge in [0.1, 0.15) is 0 Å². The van der Waals surface area contributed by atoms with Gasteiger partial charge in [-0.25, -0.2) is 0 Å². The molecule has 0 unspecified atom stereocenters. The lowest BCUT2D eigenvalue weighted by Crippen LogP contribution is -2.30. The fraction of sp³-hybridized carbons (Fsp3) is 0.462. The largest absolute Gasteiger partial charge is 0.287 e. The molecule has 19 heavy (non-hydrogen) atoms. The fourth-order valence-electron chi connectivity index (χ4n) is 2.32. The van der Waals surface area contributed by atoms with Crippen LogP contribution in [0.3, 0.4) is 0 Å². The van der Waals surface area contributed by atoms with Crippen molar-refractivity contribution in [2.75, 3.05) is 13.1 Å². The van der Waals surface area contributed by atoms with Crippen LogP contribution in [0.25, 0.3) is 0 Å². The summed E-state index contributed by atoms with van der Waals surface area (Å²) in [7, 11) is 0. The average molecular weight is 374 g/mol. The second-order valence-corrected chi connectivity index (χ2v) is 5.99. The molecule has 0 spiro atoms. The van der Waals surface area contributed by atoms with Crippen molar-refractivity contribution in [1.29, 1.82) is 0 Å².